The molecule has 0 spiro atoms. The summed E-state index contributed by atoms with van der Waals surface area (Å²) in [6, 6.07) is 2.28. The average Bonchev–Trinajstić information content (AvgIpc) is 3.09. The van der Waals surface area contributed by atoms with E-state index < -0.39 is 0 Å². The lowest BCUT2D eigenvalue weighted by atomic mass is 10.1. The van der Waals surface area contributed by atoms with Gasteiger partial charge in [0.2, 0.25) is 0 Å². The Bertz CT molecular complexity index is 527. The Morgan fingerprint density at radius 2 is 1.80 bits per heavy atom. The van der Waals surface area contributed by atoms with Crippen LogP contribution in [0.1, 0.15) is 29.7 Å². The zero-order chi connectivity index (χ0) is 16.6. The van der Waals surface area contributed by atoms with Gasteiger partial charge in [0.25, 0.3) is 0 Å². The molecule has 3 rings (SSSR count). The summed E-state index contributed by atoms with van der Waals surface area (Å²) in [7, 11) is 1.86. The van der Waals surface area contributed by atoms with Crippen molar-refractivity contribution in [2.45, 2.75) is 32.2 Å². The molecular weight excluding hydrogens is 445 g/mol. The third kappa shape index (κ3) is 6.69. The molecule has 7 heteroatoms. The lowest BCUT2D eigenvalue weighted by Gasteiger charge is -2.27. The third-order valence-electron chi connectivity index (χ3n) is 5.00. The quantitative estimate of drug-likeness (QED) is 0.375. The van der Waals surface area contributed by atoms with E-state index in [1.807, 2.05) is 18.4 Å². The second-order valence-electron chi connectivity index (χ2n) is 6.72. The van der Waals surface area contributed by atoms with Gasteiger partial charge in [0.15, 0.2) is 5.96 Å². The molecule has 2 aliphatic heterocycles. The molecule has 0 radical (unpaired) electrons. The van der Waals surface area contributed by atoms with E-state index in [1.165, 1.54) is 50.9 Å². The molecule has 0 unspecified atom stereocenters. The zero-order valence-electron chi connectivity index (χ0n) is 15.3. The molecule has 2 N–H and O–H groups in total. The summed E-state index contributed by atoms with van der Waals surface area (Å²) in [6.45, 7) is 8.90. The van der Waals surface area contributed by atoms with Crippen LogP contribution in [-0.2, 0) is 13.0 Å². The van der Waals surface area contributed by atoms with Gasteiger partial charge in [-0.2, -0.15) is 0 Å². The van der Waals surface area contributed by atoms with Crippen LogP contribution >= 0.6 is 35.3 Å². The van der Waals surface area contributed by atoms with E-state index in [-0.39, 0.29) is 24.0 Å². The molecule has 5 nitrogen and oxygen atoms in total. The van der Waals surface area contributed by atoms with Crippen molar-refractivity contribution in [1.29, 1.82) is 0 Å². The van der Waals surface area contributed by atoms with E-state index in [2.05, 4.69) is 36.9 Å². The van der Waals surface area contributed by atoms with Gasteiger partial charge in [-0.15, -0.1) is 35.3 Å². The van der Waals surface area contributed by atoms with Gasteiger partial charge in [0.05, 0.1) is 0 Å². The fourth-order valence-corrected chi connectivity index (χ4v) is 4.46. The molecule has 1 aromatic heterocycles. The Morgan fingerprint density at radius 1 is 1.08 bits per heavy atom. The first kappa shape index (κ1) is 20.9. The molecule has 0 aliphatic carbocycles. The van der Waals surface area contributed by atoms with Gasteiger partial charge in [0, 0.05) is 51.2 Å². The first-order chi connectivity index (χ1) is 11.8. The highest BCUT2D eigenvalue weighted by Crippen LogP contribution is 2.23. The van der Waals surface area contributed by atoms with Crippen molar-refractivity contribution in [3.8, 4) is 0 Å². The van der Waals surface area contributed by atoms with E-state index in [0.29, 0.717) is 0 Å². The highest BCUT2D eigenvalue weighted by atomic mass is 127. The molecule has 25 heavy (non-hydrogen) atoms. The summed E-state index contributed by atoms with van der Waals surface area (Å²) in [5, 5.41) is 9.12. The summed E-state index contributed by atoms with van der Waals surface area (Å²) in [4.78, 5) is 11.0. The van der Waals surface area contributed by atoms with E-state index in [1.54, 1.807) is 4.88 Å². The molecule has 0 saturated carbocycles. The standard InChI is InChI=1S/C18H31N5S.HI/c1-19-18(20-7-12-22-9-3-2-4-10-22)21-8-13-23-11-5-17-16(15-23)6-14-24-17;/h6,14H,2-5,7-13,15H2,1H3,(H2,19,20,21);1H. The number of likely N-dealkylation sites (tertiary alicyclic amines) is 1. The second-order valence-corrected chi connectivity index (χ2v) is 7.72. The number of rotatable bonds is 6. The molecule has 3 heterocycles. The number of thiophene rings is 1. The monoisotopic (exact) mass is 477 g/mol. The number of nitrogens with one attached hydrogen (secondary N) is 2. The fraction of sp³-hybridized carbons (Fsp3) is 0.722. The Morgan fingerprint density at radius 3 is 2.52 bits per heavy atom. The normalized spacial score (nSPS) is 19.2. The maximum atomic E-state index is 4.34. The molecule has 142 valence electrons. The topological polar surface area (TPSA) is 42.9 Å². The fourth-order valence-electron chi connectivity index (χ4n) is 3.57. The van der Waals surface area contributed by atoms with Crippen LogP contribution in [0.2, 0.25) is 0 Å². The first-order valence-corrected chi connectivity index (χ1v) is 10.2. The molecule has 2 aliphatic rings. The van der Waals surface area contributed by atoms with Crippen molar-refractivity contribution in [2.24, 2.45) is 4.99 Å². The molecule has 0 atom stereocenters. The van der Waals surface area contributed by atoms with Crippen molar-refractivity contribution in [1.82, 2.24) is 20.4 Å². The maximum Gasteiger partial charge on any atom is 0.191 e. The van der Waals surface area contributed by atoms with Crippen LogP contribution in [0.15, 0.2) is 16.4 Å². The Labute approximate surface area is 173 Å². The molecule has 1 fully saturated rings. The van der Waals surface area contributed by atoms with Crippen LogP contribution in [0.3, 0.4) is 0 Å². The number of halogens is 1. The van der Waals surface area contributed by atoms with Gasteiger partial charge in [-0.3, -0.25) is 9.89 Å². The minimum absolute atomic E-state index is 0. The summed E-state index contributed by atoms with van der Waals surface area (Å²) in [5.41, 5.74) is 1.52. The van der Waals surface area contributed by atoms with Gasteiger partial charge in [0.1, 0.15) is 0 Å². The number of hydrogen-bond donors (Lipinski definition) is 2. The van der Waals surface area contributed by atoms with Gasteiger partial charge in [-0.1, -0.05) is 6.42 Å². The Kier molecular flexibility index (Phi) is 9.51. The highest BCUT2D eigenvalue weighted by molar-refractivity contribution is 14.0. The largest absolute Gasteiger partial charge is 0.355 e. The van der Waals surface area contributed by atoms with Crippen LogP contribution in [-0.4, -0.2) is 68.6 Å². The minimum atomic E-state index is 0. The van der Waals surface area contributed by atoms with Crippen molar-refractivity contribution in [3.63, 3.8) is 0 Å². The second kappa shape index (κ2) is 11.4. The Hall–Kier alpha value is -0.380. The van der Waals surface area contributed by atoms with Crippen LogP contribution in [0.5, 0.6) is 0 Å². The molecule has 1 aromatic rings. The number of fused-ring (bicyclic) bond motifs is 1. The SMILES string of the molecule is CN=C(NCCN1CCCCC1)NCCN1CCc2sccc2C1.I. The zero-order valence-corrected chi connectivity index (χ0v) is 18.4. The maximum absolute atomic E-state index is 4.34. The average molecular weight is 477 g/mol. The van der Waals surface area contributed by atoms with Crippen molar-refractivity contribution < 1.29 is 0 Å². The van der Waals surface area contributed by atoms with Gasteiger partial charge < -0.3 is 15.5 Å². The lowest BCUT2D eigenvalue weighted by molar-refractivity contribution is 0.232. The molecule has 0 amide bonds. The van der Waals surface area contributed by atoms with Crippen molar-refractivity contribution >= 4 is 41.3 Å². The van der Waals surface area contributed by atoms with E-state index in [9.17, 15) is 0 Å². The number of aliphatic imine (C=N–C) groups is 1. The lowest BCUT2D eigenvalue weighted by Crippen LogP contribution is -2.45. The van der Waals surface area contributed by atoms with E-state index >= 15 is 0 Å². The van der Waals surface area contributed by atoms with Crippen LogP contribution in [0, 0.1) is 0 Å². The molecule has 1 saturated heterocycles. The molecule has 0 bridgehead atoms. The Balaban J connectivity index is 0.00000225. The number of guanidine groups is 1. The minimum Gasteiger partial charge on any atom is -0.355 e. The molecular formula is C18H32IN5S. The van der Waals surface area contributed by atoms with Gasteiger partial charge >= 0.3 is 0 Å². The van der Waals surface area contributed by atoms with Crippen LogP contribution in [0.25, 0.3) is 0 Å². The summed E-state index contributed by atoms with van der Waals surface area (Å²) in [6.07, 6.45) is 5.32. The van der Waals surface area contributed by atoms with E-state index in [0.717, 1.165) is 38.7 Å². The summed E-state index contributed by atoms with van der Waals surface area (Å²) >= 11 is 1.91. The van der Waals surface area contributed by atoms with E-state index in [4.69, 9.17) is 0 Å². The van der Waals surface area contributed by atoms with Gasteiger partial charge in [-0.25, -0.2) is 0 Å². The van der Waals surface area contributed by atoms with Crippen molar-refractivity contribution in [2.75, 3.05) is 52.9 Å². The first-order valence-electron chi connectivity index (χ1n) is 9.29. The van der Waals surface area contributed by atoms with Gasteiger partial charge in [-0.05, 0) is 49.4 Å². The summed E-state index contributed by atoms with van der Waals surface area (Å²) in [5.74, 6) is 0.931. The molecule has 0 aromatic carbocycles. The summed E-state index contributed by atoms with van der Waals surface area (Å²) < 4.78 is 0. The third-order valence-corrected chi connectivity index (χ3v) is 6.02. The number of piperidine rings is 1. The smallest absolute Gasteiger partial charge is 0.191 e. The predicted molar refractivity (Wildman–Crippen MR) is 118 cm³/mol. The number of hydrogen-bond acceptors (Lipinski definition) is 4. The van der Waals surface area contributed by atoms with Crippen LogP contribution < -0.4 is 10.6 Å². The van der Waals surface area contributed by atoms with Crippen LogP contribution in [0.4, 0.5) is 0 Å². The van der Waals surface area contributed by atoms with Crippen molar-refractivity contribution in [3.05, 3.63) is 21.9 Å². The highest BCUT2D eigenvalue weighted by Gasteiger charge is 2.16. The predicted octanol–water partition coefficient (Wildman–Crippen LogP) is 2.38. The number of nitrogens with zero attached hydrogens (tertiary/aromatic N) is 3.